The van der Waals surface area contributed by atoms with E-state index in [0.717, 1.165) is 17.4 Å². The number of hydrogen-bond donors (Lipinski definition) is 0. The van der Waals surface area contributed by atoms with E-state index >= 15 is 0 Å². The lowest BCUT2D eigenvalue weighted by atomic mass is 10.1. The molecule has 0 saturated carbocycles. The first-order chi connectivity index (χ1) is 9.63. The predicted molar refractivity (Wildman–Crippen MR) is 73.9 cm³/mol. The van der Waals surface area contributed by atoms with Gasteiger partial charge in [-0.2, -0.15) is 0 Å². The Labute approximate surface area is 117 Å². The summed E-state index contributed by atoms with van der Waals surface area (Å²) < 4.78 is 23.8. The Morgan fingerprint density at radius 3 is 2.65 bits per heavy atom. The minimum atomic E-state index is -0.277. The summed E-state index contributed by atoms with van der Waals surface area (Å²) in [6, 6.07) is 9.50. The fourth-order valence-corrected chi connectivity index (χ4v) is 1.84. The molecular formula is C16H15FO3. The minimum Gasteiger partial charge on any atom is -0.497 e. The summed E-state index contributed by atoms with van der Waals surface area (Å²) >= 11 is 0. The van der Waals surface area contributed by atoms with E-state index in [2.05, 4.69) is 0 Å². The Bertz CT molecular complexity index is 623. The van der Waals surface area contributed by atoms with Gasteiger partial charge in [0.15, 0.2) is 6.29 Å². The lowest BCUT2D eigenvalue weighted by Gasteiger charge is -2.11. The molecule has 20 heavy (non-hydrogen) atoms. The molecule has 0 aliphatic rings. The van der Waals surface area contributed by atoms with E-state index in [1.54, 1.807) is 31.4 Å². The molecule has 0 spiro atoms. The number of methoxy groups -OCH3 is 1. The van der Waals surface area contributed by atoms with E-state index in [1.165, 1.54) is 12.1 Å². The SMILES string of the molecule is COc1ccc(C=O)c(OCc2ccc(F)cc2C)c1. The number of rotatable bonds is 5. The molecule has 0 heterocycles. The van der Waals surface area contributed by atoms with Gasteiger partial charge in [-0.1, -0.05) is 6.07 Å². The Morgan fingerprint density at radius 1 is 1.20 bits per heavy atom. The second-order valence-electron chi connectivity index (χ2n) is 4.38. The van der Waals surface area contributed by atoms with Gasteiger partial charge in [0.05, 0.1) is 12.7 Å². The Kier molecular flexibility index (Phi) is 4.35. The van der Waals surface area contributed by atoms with Crippen LogP contribution in [0.1, 0.15) is 21.5 Å². The van der Waals surface area contributed by atoms with Gasteiger partial charge in [0, 0.05) is 6.07 Å². The summed E-state index contributed by atoms with van der Waals surface area (Å²) in [4.78, 5) is 11.0. The Morgan fingerprint density at radius 2 is 2.00 bits per heavy atom. The van der Waals surface area contributed by atoms with E-state index in [4.69, 9.17) is 9.47 Å². The average molecular weight is 274 g/mol. The lowest BCUT2D eigenvalue weighted by Crippen LogP contribution is -2.01. The summed E-state index contributed by atoms with van der Waals surface area (Å²) in [5, 5.41) is 0. The minimum absolute atomic E-state index is 0.264. The molecule has 0 aliphatic heterocycles. The molecule has 0 aromatic heterocycles. The van der Waals surface area contributed by atoms with Crippen molar-refractivity contribution in [3.05, 3.63) is 58.9 Å². The first-order valence-corrected chi connectivity index (χ1v) is 6.15. The third kappa shape index (κ3) is 3.15. The van der Waals surface area contributed by atoms with Crippen LogP contribution >= 0.6 is 0 Å². The molecule has 0 unspecified atom stereocenters. The Hall–Kier alpha value is -2.36. The molecule has 4 heteroatoms. The van der Waals surface area contributed by atoms with Gasteiger partial charge in [0.2, 0.25) is 0 Å². The number of aryl methyl sites for hydroxylation is 1. The van der Waals surface area contributed by atoms with Crippen molar-refractivity contribution in [1.29, 1.82) is 0 Å². The molecule has 0 aliphatic carbocycles. The second-order valence-corrected chi connectivity index (χ2v) is 4.38. The van der Waals surface area contributed by atoms with Crippen molar-refractivity contribution >= 4 is 6.29 Å². The molecule has 0 saturated heterocycles. The number of carbonyl (C=O) groups excluding carboxylic acids is 1. The van der Waals surface area contributed by atoms with Crippen molar-refractivity contribution in [2.45, 2.75) is 13.5 Å². The van der Waals surface area contributed by atoms with Crippen LogP contribution in [0.25, 0.3) is 0 Å². The van der Waals surface area contributed by atoms with Crippen molar-refractivity contribution < 1.29 is 18.7 Å². The van der Waals surface area contributed by atoms with Gasteiger partial charge in [-0.05, 0) is 42.3 Å². The number of benzene rings is 2. The highest BCUT2D eigenvalue weighted by Gasteiger charge is 2.07. The van der Waals surface area contributed by atoms with Crippen LogP contribution in [0, 0.1) is 12.7 Å². The molecule has 2 aromatic carbocycles. The quantitative estimate of drug-likeness (QED) is 0.782. The molecule has 2 rings (SSSR count). The van der Waals surface area contributed by atoms with Gasteiger partial charge < -0.3 is 9.47 Å². The summed E-state index contributed by atoms with van der Waals surface area (Å²) in [6.07, 6.45) is 0.728. The largest absolute Gasteiger partial charge is 0.497 e. The monoisotopic (exact) mass is 274 g/mol. The first kappa shape index (κ1) is 14.1. The summed E-state index contributed by atoms with van der Waals surface area (Å²) in [7, 11) is 1.55. The van der Waals surface area contributed by atoms with E-state index in [-0.39, 0.29) is 12.4 Å². The number of hydrogen-bond acceptors (Lipinski definition) is 3. The molecule has 0 atom stereocenters. The zero-order valence-corrected chi connectivity index (χ0v) is 11.4. The zero-order chi connectivity index (χ0) is 14.5. The molecule has 0 bridgehead atoms. The van der Waals surface area contributed by atoms with Crippen LogP contribution in [0.3, 0.4) is 0 Å². The number of carbonyl (C=O) groups is 1. The van der Waals surface area contributed by atoms with Crippen LogP contribution < -0.4 is 9.47 Å². The van der Waals surface area contributed by atoms with Gasteiger partial charge in [0.25, 0.3) is 0 Å². The number of aldehydes is 1. The van der Waals surface area contributed by atoms with Crippen LogP contribution in [0.2, 0.25) is 0 Å². The maximum Gasteiger partial charge on any atom is 0.153 e. The topological polar surface area (TPSA) is 35.5 Å². The first-order valence-electron chi connectivity index (χ1n) is 6.15. The molecule has 0 N–H and O–H groups in total. The smallest absolute Gasteiger partial charge is 0.153 e. The van der Waals surface area contributed by atoms with Crippen molar-refractivity contribution in [3.8, 4) is 11.5 Å². The van der Waals surface area contributed by atoms with Crippen LogP contribution in [0.4, 0.5) is 4.39 Å². The third-order valence-corrected chi connectivity index (χ3v) is 3.04. The fraction of sp³-hybridized carbons (Fsp3) is 0.188. The van der Waals surface area contributed by atoms with Gasteiger partial charge >= 0.3 is 0 Å². The average Bonchev–Trinajstić information content (AvgIpc) is 2.46. The normalized spacial score (nSPS) is 10.2. The van der Waals surface area contributed by atoms with Crippen molar-refractivity contribution in [1.82, 2.24) is 0 Å². The molecule has 0 radical (unpaired) electrons. The predicted octanol–water partition coefficient (Wildman–Crippen LogP) is 3.53. The maximum absolute atomic E-state index is 13.0. The summed E-state index contributed by atoms with van der Waals surface area (Å²) in [5.41, 5.74) is 2.12. The molecule has 3 nitrogen and oxygen atoms in total. The lowest BCUT2D eigenvalue weighted by molar-refractivity contribution is 0.111. The molecule has 2 aromatic rings. The highest BCUT2D eigenvalue weighted by molar-refractivity contribution is 5.79. The van der Waals surface area contributed by atoms with Gasteiger partial charge in [0.1, 0.15) is 23.9 Å². The standard InChI is InChI=1S/C16H15FO3/c1-11-7-14(17)5-3-13(11)10-20-16-8-15(19-2)6-4-12(16)9-18/h3-9H,10H2,1-2H3. The molecule has 0 amide bonds. The number of halogens is 1. The zero-order valence-electron chi connectivity index (χ0n) is 11.4. The van der Waals surface area contributed by atoms with Gasteiger partial charge in [-0.25, -0.2) is 4.39 Å². The summed E-state index contributed by atoms with van der Waals surface area (Å²) in [5.74, 6) is 0.783. The van der Waals surface area contributed by atoms with Crippen LogP contribution in [0.15, 0.2) is 36.4 Å². The van der Waals surface area contributed by atoms with E-state index < -0.39 is 0 Å². The van der Waals surface area contributed by atoms with E-state index in [0.29, 0.717) is 17.1 Å². The van der Waals surface area contributed by atoms with E-state index in [9.17, 15) is 9.18 Å². The third-order valence-electron chi connectivity index (χ3n) is 3.04. The van der Waals surface area contributed by atoms with Gasteiger partial charge in [-0.3, -0.25) is 4.79 Å². The van der Waals surface area contributed by atoms with Crippen LogP contribution in [-0.2, 0) is 6.61 Å². The van der Waals surface area contributed by atoms with Crippen LogP contribution in [0.5, 0.6) is 11.5 Å². The maximum atomic E-state index is 13.0. The molecule has 104 valence electrons. The summed E-state index contributed by atoms with van der Waals surface area (Å²) in [6.45, 7) is 2.08. The number of ether oxygens (including phenoxy) is 2. The highest BCUT2D eigenvalue weighted by Crippen LogP contribution is 2.25. The van der Waals surface area contributed by atoms with E-state index in [1.807, 2.05) is 6.92 Å². The van der Waals surface area contributed by atoms with Crippen molar-refractivity contribution in [3.63, 3.8) is 0 Å². The van der Waals surface area contributed by atoms with Gasteiger partial charge in [-0.15, -0.1) is 0 Å². The van der Waals surface area contributed by atoms with Crippen LogP contribution in [-0.4, -0.2) is 13.4 Å². The van der Waals surface area contributed by atoms with Crippen molar-refractivity contribution in [2.75, 3.05) is 7.11 Å². The second kappa shape index (κ2) is 6.19. The van der Waals surface area contributed by atoms with Crippen molar-refractivity contribution in [2.24, 2.45) is 0 Å². The highest BCUT2D eigenvalue weighted by atomic mass is 19.1. The molecular weight excluding hydrogens is 259 g/mol. The molecule has 0 fully saturated rings. The Balaban J connectivity index is 2.19. The fourth-order valence-electron chi connectivity index (χ4n) is 1.84.